The van der Waals surface area contributed by atoms with E-state index >= 15 is 0 Å². The first-order valence-corrected chi connectivity index (χ1v) is 9.65. The topological polar surface area (TPSA) is 70.5 Å². The van der Waals surface area contributed by atoms with E-state index in [0.29, 0.717) is 10.0 Å². The number of hydrogen-bond donors (Lipinski definition) is 1. The van der Waals surface area contributed by atoms with Crippen LogP contribution in [0.1, 0.15) is 26.8 Å². The molecule has 0 aliphatic carbocycles. The summed E-state index contributed by atoms with van der Waals surface area (Å²) in [6.45, 7) is 1.97. The number of nitrogens with zero attached hydrogens (tertiary/aromatic N) is 2. The van der Waals surface area contributed by atoms with Crippen molar-refractivity contribution in [1.29, 1.82) is 0 Å². The second-order valence-electron chi connectivity index (χ2n) is 5.87. The second kappa shape index (κ2) is 6.51. The summed E-state index contributed by atoms with van der Waals surface area (Å²) >= 11 is 2.57. The Kier molecular flexibility index (Phi) is 4.18. The van der Waals surface area contributed by atoms with Gasteiger partial charge in [0.2, 0.25) is 5.78 Å². The number of amides is 1. The number of rotatable bonds is 4. The molecule has 1 amide bonds. The zero-order chi connectivity index (χ0) is 18.3. The molecule has 2 aromatic heterocycles. The first kappa shape index (κ1) is 16.7. The van der Waals surface area contributed by atoms with Crippen molar-refractivity contribution in [2.45, 2.75) is 13.0 Å². The van der Waals surface area contributed by atoms with Gasteiger partial charge in [0, 0.05) is 11.6 Å². The van der Waals surface area contributed by atoms with Gasteiger partial charge in [-0.3, -0.25) is 14.5 Å². The molecule has 0 spiro atoms. The molecule has 5 nitrogen and oxygen atoms in total. The number of thiazole rings is 1. The summed E-state index contributed by atoms with van der Waals surface area (Å²) in [5.41, 5.74) is 1.91. The molecule has 0 saturated carbocycles. The van der Waals surface area contributed by atoms with Gasteiger partial charge in [-0.25, -0.2) is 4.98 Å². The van der Waals surface area contributed by atoms with E-state index in [1.807, 2.05) is 31.2 Å². The van der Waals surface area contributed by atoms with Gasteiger partial charge in [0.15, 0.2) is 10.9 Å². The van der Waals surface area contributed by atoms with E-state index in [-0.39, 0.29) is 11.4 Å². The number of Topliss-reactive ketones (excluding diaryl/α,β-unsaturated/α-hetero) is 1. The molecule has 26 heavy (non-hydrogen) atoms. The molecular formula is C19H14N2O3S2. The Labute approximate surface area is 157 Å². The van der Waals surface area contributed by atoms with Crippen molar-refractivity contribution in [2.24, 2.45) is 0 Å². The summed E-state index contributed by atoms with van der Waals surface area (Å²) in [6, 6.07) is 10.3. The Morgan fingerprint density at radius 3 is 2.54 bits per heavy atom. The zero-order valence-corrected chi connectivity index (χ0v) is 15.4. The van der Waals surface area contributed by atoms with Gasteiger partial charge in [-0.2, -0.15) is 0 Å². The highest BCUT2D eigenvalue weighted by Gasteiger charge is 2.45. The average molecular weight is 382 g/mol. The van der Waals surface area contributed by atoms with Gasteiger partial charge in [-0.15, -0.1) is 22.7 Å². The van der Waals surface area contributed by atoms with Crippen LogP contribution in [0.3, 0.4) is 0 Å². The summed E-state index contributed by atoms with van der Waals surface area (Å²) in [4.78, 5) is 31.9. The fourth-order valence-corrected chi connectivity index (χ4v) is 4.32. The molecule has 0 fully saturated rings. The predicted molar refractivity (Wildman–Crippen MR) is 102 cm³/mol. The van der Waals surface area contributed by atoms with Gasteiger partial charge >= 0.3 is 0 Å². The quantitative estimate of drug-likeness (QED) is 0.683. The van der Waals surface area contributed by atoms with Crippen molar-refractivity contribution in [3.8, 4) is 0 Å². The lowest BCUT2D eigenvalue weighted by atomic mass is 9.95. The number of carbonyl (C=O) groups is 2. The third kappa shape index (κ3) is 2.65. The van der Waals surface area contributed by atoms with Crippen molar-refractivity contribution < 1.29 is 14.7 Å². The largest absolute Gasteiger partial charge is 0.503 e. The third-order valence-corrected chi connectivity index (χ3v) is 5.86. The van der Waals surface area contributed by atoms with Crippen LogP contribution in [0.2, 0.25) is 0 Å². The van der Waals surface area contributed by atoms with Gasteiger partial charge in [0.1, 0.15) is 0 Å². The molecule has 0 radical (unpaired) electrons. The Morgan fingerprint density at radius 1 is 1.15 bits per heavy atom. The maximum absolute atomic E-state index is 13.0. The smallest absolute Gasteiger partial charge is 0.296 e. The van der Waals surface area contributed by atoms with Crippen molar-refractivity contribution in [3.63, 3.8) is 0 Å². The molecular weight excluding hydrogens is 368 g/mol. The monoisotopic (exact) mass is 382 g/mol. The minimum Gasteiger partial charge on any atom is -0.503 e. The van der Waals surface area contributed by atoms with E-state index in [1.165, 1.54) is 27.6 Å². The molecule has 1 aliphatic heterocycles. The fraction of sp³-hybridized carbons (Fsp3) is 0.105. The third-order valence-electron chi connectivity index (χ3n) is 4.22. The minimum atomic E-state index is -0.705. The van der Waals surface area contributed by atoms with E-state index in [1.54, 1.807) is 29.1 Å². The lowest BCUT2D eigenvalue weighted by Crippen LogP contribution is -2.30. The Morgan fingerprint density at radius 2 is 1.92 bits per heavy atom. The first-order valence-electron chi connectivity index (χ1n) is 7.89. The van der Waals surface area contributed by atoms with Crippen LogP contribution < -0.4 is 4.90 Å². The van der Waals surface area contributed by atoms with Gasteiger partial charge in [0.25, 0.3) is 5.91 Å². The summed E-state index contributed by atoms with van der Waals surface area (Å²) < 4.78 is 0. The van der Waals surface area contributed by atoms with E-state index in [2.05, 4.69) is 4.98 Å². The van der Waals surface area contributed by atoms with Crippen LogP contribution in [0.25, 0.3) is 0 Å². The summed E-state index contributed by atoms with van der Waals surface area (Å²) in [7, 11) is 0. The zero-order valence-electron chi connectivity index (χ0n) is 13.7. The van der Waals surface area contributed by atoms with E-state index < -0.39 is 17.7 Å². The normalized spacial score (nSPS) is 17.2. The number of aliphatic hydroxyl groups is 1. The number of ketones is 1. The molecule has 0 unspecified atom stereocenters. The Hall–Kier alpha value is -2.77. The molecule has 3 aromatic rings. The van der Waals surface area contributed by atoms with Crippen LogP contribution in [0.4, 0.5) is 5.13 Å². The van der Waals surface area contributed by atoms with Crippen LogP contribution in [0.5, 0.6) is 0 Å². The number of aryl methyl sites for hydroxylation is 1. The Balaban J connectivity index is 1.88. The second-order valence-corrected chi connectivity index (χ2v) is 7.69. The van der Waals surface area contributed by atoms with Crippen LogP contribution >= 0.6 is 22.7 Å². The number of anilines is 1. The molecule has 130 valence electrons. The van der Waals surface area contributed by atoms with Crippen LogP contribution in [0, 0.1) is 6.92 Å². The highest BCUT2D eigenvalue weighted by Crippen LogP contribution is 2.42. The molecule has 1 aliphatic rings. The lowest BCUT2D eigenvalue weighted by Gasteiger charge is -2.24. The number of carbonyl (C=O) groups excluding carboxylic acids is 2. The molecule has 4 rings (SSSR count). The highest BCUT2D eigenvalue weighted by molar-refractivity contribution is 7.14. The molecule has 1 N–H and O–H groups in total. The van der Waals surface area contributed by atoms with Crippen molar-refractivity contribution >= 4 is 39.5 Å². The van der Waals surface area contributed by atoms with Gasteiger partial charge in [-0.1, -0.05) is 35.9 Å². The van der Waals surface area contributed by atoms with Gasteiger partial charge < -0.3 is 5.11 Å². The maximum atomic E-state index is 13.0. The molecule has 1 atom stereocenters. The fourth-order valence-electron chi connectivity index (χ4n) is 2.97. The molecule has 7 heteroatoms. The van der Waals surface area contributed by atoms with Crippen molar-refractivity contribution in [3.05, 3.63) is 80.7 Å². The molecule has 0 saturated heterocycles. The maximum Gasteiger partial charge on any atom is 0.296 e. The average Bonchev–Trinajstić information content (AvgIpc) is 3.38. The highest BCUT2D eigenvalue weighted by atomic mass is 32.1. The Bertz CT molecular complexity index is 990. The van der Waals surface area contributed by atoms with Crippen LogP contribution in [-0.2, 0) is 4.79 Å². The number of benzene rings is 1. The summed E-state index contributed by atoms with van der Waals surface area (Å²) in [5.74, 6) is -1.45. The number of hydrogen-bond acceptors (Lipinski definition) is 6. The minimum absolute atomic E-state index is 0.0940. The van der Waals surface area contributed by atoms with Crippen LogP contribution in [0.15, 0.2) is 64.7 Å². The van der Waals surface area contributed by atoms with Crippen molar-refractivity contribution in [1.82, 2.24) is 4.98 Å². The molecule has 0 bridgehead atoms. The van der Waals surface area contributed by atoms with E-state index in [4.69, 9.17) is 0 Å². The number of thiophene rings is 1. The summed E-state index contributed by atoms with van der Waals surface area (Å²) in [6.07, 6.45) is 1.59. The summed E-state index contributed by atoms with van der Waals surface area (Å²) in [5, 5.41) is 14.5. The molecule has 1 aromatic carbocycles. The number of aliphatic hydroxyl groups excluding tert-OH is 1. The van der Waals surface area contributed by atoms with E-state index in [0.717, 1.165) is 11.1 Å². The first-order chi connectivity index (χ1) is 12.6. The van der Waals surface area contributed by atoms with Crippen molar-refractivity contribution in [2.75, 3.05) is 4.90 Å². The van der Waals surface area contributed by atoms with Gasteiger partial charge in [-0.05, 0) is 23.9 Å². The molecule has 3 heterocycles. The SMILES string of the molecule is Cc1ccc([C@H]2C(C(=O)c3cccs3)=C(O)C(=O)N2c2nccs2)cc1. The standard InChI is InChI=1S/C19H14N2O3S2/c1-11-4-6-12(7-5-11)15-14(16(22)13-3-2-9-25-13)17(23)18(24)21(15)19-20-8-10-26-19/h2-10,15,23H,1H3/t15-/m0/s1. The lowest BCUT2D eigenvalue weighted by molar-refractivity contribution is -0.117. The van der Waals surface area contributed by atoms with E-state index in [9.17, 15) is 14.7 Å². The van der Waals surface area contributed by atoms with Crippen LogP contribution in [-0.4, -0.2) is 21.8 Å². The van der Waals surface area contributed by atoms with Gasteiger partial charge in [0.05, 0.1) is 16.5 Å². The number of aromatic nitrogens is 1. The predicted octanol–water partition coefficient (Wildman–Crippen LogP) is 4.30.